The second-order valence-corrected chi connectivity index (χ2v) is 6.43. The van der Waals surface area contributed by atoms with Crippen LogP contribution in [0.1, 0.15) is 0 Å². The van der Waals surface area contributed by atoms with Gasteiger partial charge in [0.05, 0.1) is 0 Å². The highest BCUT2D eigenvalue weighted by Crippen LogP contribution is 2.24. The van der Waals surface area contributed by atoms with Crippen LogP contribution in [0.5, 0.6) is 0 Å². The number of anilines is 1. The molecule has 0 saturated carbocycles. The van der Waals surface area contributed by atoms with Gasteiger partial charge in [0.15, 0.2) is 0 Å². The Morgan fingerprint density at radius 1 is 1.11 bits per heavy atom. The number of rotatable bonds is 5. The van der Waals surface area contributed by atoms with Crippen LogP contribution in [0, 0.1) is 0 Å². The molecule has 2 rings (SSSR count). The van der Waals surface area contributed by atoms with E-state index in [-0.39, 0.29) is 0 Å². The highest BCUT2D eigenvalue weighted by Gasteiger charge is 2.00. The number of aromatic nitrogens is 1. The first kappa shape index (κ1) is 13.9. The van der Waals surface area contributed by atoms with Crippen LogP contribution >= 0.6 is 43.6 Å². The Morgan fingerprint density at radius 3 is 2.61 bits per heavy atom. The van der Waals surface area contributed by atoms with Crippen molar-refractivity contribution in [2.45, 2.75) is 5.03 Å². The van der Waals surface area contributed by atoms with Gasteiger partial charge in [0.25, 0.3) is 0 Å². The van der Waals surface area contributed by atoms with Gasteiger partial charge in [0.1, 0.15) is 5.03 Å². The molecule has 0 fully saturated rings. The molecule has 1 N–H and O–H groups in total. The molecule has 1 aromatic heterocycles. The molecular formula is C13H12Br2N2S. The summed E-state index contributed by atoms with van der Waals surface area (Å²) in [5.41, 5.74) is 1.14. The van der Waals surface area contributed by atoms with Gasteiger partial charge in [-0.2, -0.15) is 0 Å². The topological polar surface area (TPSA) is 24.9 Å². The maximum Gasteiger partial charge on any atom is 0.110 e. The number of benzene rings is 1. The van der Waals surface area contributed by atoms with Gasteiger partial charge in [-0.15, -0.1) is 11.8 Å². The monoisotopic (exact) mass is 386 g/mol. The SMILES string of the molecule is Brc1ccc(NCCSc2ncccc2Br)cc1. The minimum atomic E-state index is 0.912. The molecule has 0 radical (unpaired) electrons. The van der Waals surface area contributed by atoms with Crippen LogP contribution in [0.2, 0.25) is 0 Å². The maximum absolute atomic E-state index is 4.32. The van der Waals surface area contributed by atoms with Crippen LogP contribution in [0.25, 0.3) is 0 Å². The molecule has 0 bridgehead atoms. The summed E-state index contributed by atoms with van der Waals surface area (Å²) in [5.74, 6) is 0.978. The Balaban J connectivity index is 1.76. The third kappa shape index (κ3) is 4.30. The minimum Gasteiger partial charge on any atom is -0.384 e. The van der Waals surface area contributed by atoms with Gasteiger partial charge in [-0.25, -0.2) is 4.98 Å². The number of nitrogens with one attached hydrogen (secondary N) is 1. The molecule has 18 heavy (non-hydrogen) atoms. The van der Waals surface area contributed by atoms with E-state index >= 15 is 0 Å². The zero-order valence-corrected chi connectivity index (χ0v) is 13.6. The van der Waals surface area contributed by atoms with Crippen molar-refractivity contribution in [1.82, 2.24) is 4.98 Å². The quantitative estimate of drug-likeness (QED) is 0.588. The molecule has 5 heteroatoms. The molecule has 0 spiro atoms. The summed E-state index contributed by atoms with van der Waals surface area (Å²) < 4.78 is 2.15. The van der Waals surface area contributed by atoms with E-state index in [4.69, 9.17) is 0 Å². The number of nitrogens with zero attached hydrogens (tertiary/aromatic N) is 1. The van der Waals surface area contributed by atoms with Gasteiger partial charge in [-0.05, 0) is 52.3 Å². The number of halogens is 2. The maximum atomic E-state index is 4.32. The molecule has 1 aromatic carbocycles. The Kier molecular flexibility index (Phi) is 5.53. The van der Waals surface area contributed by atoms with Gasteiger partial charge in [-0.1, -0.05) is 15.9 Å². The van der Waals surface area contributed by atoms with Gasteiger partial charge in [-0.3, -0.25) is 0 Å². The van der Waals surface area contributed by atoms with Crippen molar-refractivity contribution in [3.05, 3.63) is 51.5 Å². The molecular weight excluding hydrogens is 376 g/mol. The summed E-state index contributed by atoms with van der Waals surface area (Å²) in [6.45, 7) is 0.912. The zero-order chi connectivity index (χ0) is 12.8. The molecule has 0 aliphatic rings. The molecule has 94 valence electrons. The van der Waals surface area contributed by atoms with Gasteiger partial charge in [0, 0.05) is 33.1 Å². The van der Waals surface area contributed by atoms with E-state index in [1.807, 2.05) is 30.5 Å². The smallest absolute Gasteiger partial charge is 0.110 e. The van der Waals surface area contributed by atoms with Crippen molar-refractivity contribution in [1.29, 1.82) is 0 Å². The molecule has 0 aliphatic carbocycles. The second kappa shape index (κ2) is 7.16. The Labute approximate surface area is 128 Å². The van der Waals surface area contributed by atoms with Crippen LogP contribution in [-0.2, 0) is 0 Å². The highest BCUT2D eigenvalue weighted by atomic mass is 79.9. The lowest BCUT2D eigenvalue weighted by Crippen LogP contribution is -2.03. The van der Waals surface area contributed by atoms with Crippen molar-refractivity contribution in [3.8, 4) is 0 Å². The molecule has 2 nitrogen and oxygen atoms in total. The number of hydrogen-bond acceptors (Lipinski definition) is 3. The fraction of sp³-hybridized carbons (Fsp3) is 0.154. The number of hydrogen-bond donors (Lipinski definition) is 1. The zero-order valence-electron chi connectivity index (χ0n) is 9.57. The predicted octanol–water partition coefficient (Wildman–Crippen LogP) is 4.81. The average Bonchev–Trinajstić information content (AvgIpc) is 2.39. The Bertz CT molecular complexity index is 503. The van der Waals surface area contributed by atoms with Crippen LogP contribution in [0.4, 0.5) is 5.69 Å². The Morgan fingerprint density at radius 2 is 1.89 bits per heavy atom. The van der Waals surface area contributed by atoms with Crippen LogP contribution in [-0.4, -0.2) is 17.3 Å². The number of thioether (sulfide) groups is 1. The summed E-state index contributed by atoms with van der Waals surface area (Å²) >= 11 is 8.65. The van der Waals surface area contributed by atoms with E-state index < -0.39 is 0 Å². The van der Waals surface area contributed by atoms with E-state index in [1.54, 1.807) is 11.8 Å². The van der Waals surface area contributed by atoms with Crippen LogP contribution < -0.4 is 5.32 Å². The molecule has 0 aliphatic heterocycles. The largest absolute Gasteiger partial charge is 0.384 e. The van der Waals surface area contributed by atoms with Crippen LogP contribution in [0.15, 0.2) is 56.6 Å². The average molecular weight is 388 g/mol. The van der Waals surface area contributed by atoms with E-state index in [2.05, 4.69) is 54.3 Å². The fourth-order valence-electron chi connectivity index (χ4n) is 1.39. The summed E-state index contributed by atoms with van der Waals surface area (Å²) in [5, 5.41) is 4.41. The number of pyridine rings is 1. The van der Waals surface area contributed by atoms with Crippen LogP contribution in [0.3, 0.4) is 0 Å². The molecule has 0 unspecified atom stereocenters. The predicted molar refractivity (Wildman–Crippen MR) is 85.3 cm³/mol. The normalized spacial score (nSPS) is 10.3. The summed E-state index contributed by atoms with van der Waals surface area (Å²) in [7, 11) is 0. The second-order valence-electron chi connectivity index (χ2n) is 3.57. The molecule has 0 amide bonds. The Hall–Kier alpha value is -0.520. The van der Waals surface area contributed by atoms with Crippen molar-refractivity contribution < 1.29 is 0 Å². The van der Waals surface area contributed by atoms with E-state index in [1.165, 1.54) is 0 Å². The van der Waals surface area contributed by atoms with Gasteiger partial charge >= 0.3 is 0 Å². The minimum absolute atomic E-state index is 0.912. The summed E-state index contributed by atoms with van der Waals surface area (Å²) in [6.07, 6.45) is 1.81. The van der Waals surface area contributed by atoms with E-state index in [0.29, 0.717) is 0 Å². The lowest BCUT2D eigenvalue weighted by atomic mass is 10.3. The first-order valence-electron chi connectivity index (χ1n) is 5.48. The van der Waals surface area contributed by atoms with Gasteiger partial charge < -0.3 is 5.32 Å². The van der Waals surface area contributed by atoms with Crippen molar-refractivity contribution >= 4 is 49.3 Å². The molecule has 0 saturated heterocycles. The third-order valence-electron chi connectivity index (χ3n) is 2.24. The standard InChI is InChI=1S/C13H12Br2N2S/c14-10-3-5-11(6-4-10)16-8-9-18-13-12(15)2-1-7-17-13/h1-7,16H,8-9H2. The lowest BCUT2D eigenvalue weighted by molar-refractivity contribution is 1.10. The third-order valence-corrected chi connectivity index (χ3v) is 4.68. The molecule has 1 heterocycles. The van der Waals surface area contributed by atoms with Gasteiger partial charge in [0.2, 0.25) is 0 Å². The lowest BCUT2D eigenvalue weighted by Gasteiger charge is -2.06. The van der Waals surface area contributed by atoms with Crippen molar-refractivity contribution in [2.24, 2.45) is 0 Å². The fourth-order valence-corrected chi connectivity index (χ4v) is 2.99. The summed E-state index contributed by atoms with van der Waals surface area (Å²) in [4.78, 5) is 4.32. The highest BCUT2D eigenvalue weighted by molar-refractivity contribution is 9.10. The molecule has 2 aromatic rings. The summed E-state index contributed by atoms with van der Waals surface area (Å²) in [6, 6.07) is 12.1. The van der Waals surface area contributed by atoms with Crippen molar-refractivity contribution in [3.63, 3.8) is 0 Å². The van der Waals surface area contributed by atoms with E-state index in [0.717, 1.165) is 32.0 Å². The van der Waals surface area contributed by atoms with E-state index in [9.17, 15) is 0 Å². The van der Waals surface area contributed by atoms with Crippen molar-refractivity contribution in [2.75, 3.05) is 17.6 Å². The first-order chi connectivity index (χ1) is 8.75. The first-order valence-corrected chi connectivity index (χ1v) is 8.05. The molecule has 0 atom stereocenters.